The zero-order valence-corrected chi connectivity index (χ0v) is 10.8. The smallest absolute Gasteiger partial charge is 0.539 e. The van der Waals surface area contributed by atoms with Crippen molar-refractivity contribution in [3.8, 4) is 0 Å². The minimum absolute atomic E-state index is 0. The monoisotopic (exact) mass is 218 g/mol. The van der Waals surface area contributed by atoms with Crippen LogP contribution in [-0.2, 0) is 20.9 Å². The molecule has 4 nitrogen and oxygen atoms in total. The molecule has 0 aliphatic heterocycles. The predicted molar refractivity (Wildman–Crippen MR) is 41.2 cm³/mol. The fourth-order valence-corrected chi connectivity index (χ4v) is 0.782. The standard InChI is InChI=1S/C9H8O4.K/c10-8(11)9(12)13-6-7-4-2-1-3-5-7;/h1-5H,6H2,(H,10,11);/q;+1/p-1. The van der Waals surface area contributed by atoms with E-state index in [1.165, 1.54) is 0 Å². The zero-order chi connectivity index (χ0) is 9.68. The minimum Gasteiger partial charge on any atom is -0.539 e. The Morgan fingerprint density at radius 2 is 1.79 bits per heavy atom. The summed E-state index contributed by atoms with van der Waals surface area (Å²) in [4.78, 5) is 20.4. The van der Waals surface area contributed by atoms with E-state index in [4.69, 9.17) is 0 Å². The summed E-state index contributed by atoms with van der Waals surface area (Å²) >= 11 is 0. The number of rotatable bonds is 2. The van der Waals surface area contributed by atoms with Crippen LogP contribution in [0.15, 0.2) is 30.3 Å². The Bertz CT molecular complexity index is 310. The van der Waals surface area contributed by atoms with Gasteiger partial charge < -0.3 is 14.6 Å². The van der Waals surface area contributed by atoms with Gasteiger partial charge in [0.2, 0.25) is 0 Å². The van der Waals surface area contributed by atoms with Gasteiger partial charge >= 0.3 is 57.4 Å². The van der Waals surface area contributed by atoms with Gasteiger partial charge in [0.25, 0.3) is 0 Å². The molecule has 0 spiro atoms. The maximum absolute atomic E-state index is 10.4. The van der Waals surface area contributed by atoms with Crippen molar-refractivity contribution in [3.63, 3.8) is 0 Å². The van der Waals surface area contributed by atoms with E-state index < -0.39 is 11.9 Å². The first-order valence-corrected chi connectivity index (χ1v) is 3.62. The number of hydrogen-bond donors (Lipinski definition) is 0. The molecule has 0 aliphatic carbocycles. The number of carboxylic acids is 1. The van der Waals surface area contributed by atoms with Crippen LogP contribution in [0.4, 0.5) is 0 Å². The van der Waals surface area contributed by atoms with Gasteiger partial charge in [-0.3, -0.25) is 0 Å². The Hall–Kier alpha value is -0.204. The normalized spacial score (nSPS) is 8.57. The van der Waals surface area contributed by atoms with E-state index in [0.29, 0.717) is 0 Å². The summed E-state index contributed by atoms with van der Waals surface area (Å²) in [5.41, 5.74) is 0.733. The van der Waals surface area contributed by atoms with Gasteiger partial charge in [-0.1, -0.05) is 30.3 Å². The molecule has 0 unspecified atom stereocenters. The zero-order valence-electron chi connectivity index (χ0n) is 7.73. The van der Waals surface area contributed by atoms with Gasteiger partial charge in [-0.15, -0.1) is 0 Å². The molecular weight excluding hydrogens is 211 g/mol. The first-order valence-electron chi connectivity index (χ1n) is 3.62. The van der Waals surface area contributed by atoms with E-state index in [2.05, 4.69) is 4.74 Å². The Balaban J connectivity index is 0.00000169. The number of carbonyl (C=O) groups is 2. The maximum atomic E-state index is 10.4. The molecular formula is C9H7KO4. The molecule has 68 valence electrons. The van der Waals surface area contributed by atoms with Crippen LogP contribution in [0.3, 0.4) is 0 Å². The van der Waals surface area contributed by atoms with Crippen molar-refractivity contribution in [1.82, 2.24) is 0 Å². The second kappa shape index (κ2) is 7.14. The van der Waals surface area contributed by atoms with Gasteiger partial charge in [-0.05, 0) is 5.56 Å². The van der Waals surface area contributed by atoms with Crippen molar-refractivity contribution in [2.24, 2.45) is 0 Å². The molecule has 0 bridgehead atoms. The maximum Gasteiger partial charge on any atom is 1.00 e. The van der Waals surface area contributed by atoms with Crippen LogP contribution in [0, 0.1) is 0 Å². The Labute approximate surface area is 124 Å². The first-order chi connectivity index (χ1) is 6.20. The summed E-state index contributed by atoms with van der Waals surface area (Å²) in [6, 6.07) is 8.79. The summed E-state index contributed by atoms with van der Waals surface area (Å²) in [6.07, 6.45) is 0. The average molecular weight is 218 g/mol. The van der Waals surface area contributed by atoms with E-state index in [1.54, 1.807) is 24.3 Å². The third-order valence-corrected chi connectivity index (χ3v) is 1.38. The molecule has 0 radical (unpaired) electrons. The molecule has 1 rings (SSSR count). The molecule has 0 atom stereocenters. The number of carbonyl (C=O) groups excluding carboxylic acids is 2. The van der Waals surface area contributed by atoms with Crippen molar-refractivity contribution in [2.75, 3.05) is 0 Å². The minimum atomic E-state index is -1.82. The average Bonchev–Trinajstić information content (AvgIpc) is 2.15. The van der Waals surface area contributed by atoms with Gasteiger partial charge in [-0.2, -0.15) is 0 Å². The van der Waals surface area contributed by atoms with Crippen LogP contribution in [-0.4, -0.2) is 11.9 Å². The number of esters is 1. The fourth-order valence-electron chi connectivity index (χ4n) is 0.782. The van der Waals surface area contributed by atoms with Gasteiger partial charge in [0, 0.05) is 0 Å². The van der Waals surface area contributed by atoms with E-state index in [-0.39, 0.29) is 58.0 Å². The van der Waals surface area contributed by atoms with Crippen molar-refractivity contribution in [2.45, 2.75) is 6.61 Å². The van der Waals surface area contributed by atoms with Crippen LogP contribution >= 0.6 is 0 Å². The molecule has 0 aliphatic rings. The quantitative estimate of drug-likeness (QED) is 0.293. The van der Waals surface area contributed by atoms with E-state index in [9.17, 15) is 14.7 Å². The third-order valence-electron chi connectivity index (χ3n) is 1.38. The van der Waals surface area contributed by atoms with Crippen LogP contribution < -0.4 is 56.5 Å². The largest absolute Gasteiger partial charge is 1.00 e. The Morgan fingerprint density at radius 1 is 1.21 bits per heavy atom. The van der Waals surface area contributed by atoms with Crippen molar-refractivity contribution >= 4 is 11.9 Å². The van der Waals surface area contributed by atoms with Gasteiger partial charge in [0.05, 0.1) is 0 Å². The Morgan fingerprint density at radius 3 is 2.29 bits per heavy atom. The molecule has 0 amide bonds. The topological polar surface area (TPSA) is 66.4 Å². The van der Waals surface area contributed by atoms with Crippen LogP contribution in [0.2, 0.25) is 0 Å². The number of benzene rings is 1. The number of hydrogen-bond acceptors (Lipinski definition) is 4. The molecule has 1 aromatic rings. The van der Waals surface area contributed by atoms with Crippen LogP contribution in [0.1, 0.15) is 5.56 Å². The molecule has 0 fully saturated rings. The molecule has 0 saturated heterocycles. The summed E-state index contributed by atoms with van der Waals surface area (Å²) in [5.74, 6) is -3.17. The van der Waals surface area contributed by atoms with Crippen LogP contribution in [0.25, 0.3) is 0 Å². The first kappa shape index (κ1) is 13.8. The Kier molecular flexibility index (Phi) is 7.03. The summed E-state index contributed by atoms with van der Waals surface area (Å²) in [5, 5.41) is 9.93. The fraction of sp³-hybridized carbons (Fsp3) is 0.111. The molecule has 5 heteroatoms. The number of aliphatic carboxylic acids is 1. The molecule has 14 heavy (non-hydrogen) atoms. The second-order valence-electron chi connectivity index (χ2n) is 2.35. The summed E-state index contributed by atoms with van der Waals surface area (Å²) in [6.45, 7) is -0.0480. The van der Waals surface area contributed by atoms with Gasteiger partial charge in [0.15, 0.2) is 5.97 Å². The third kappa shape index (κ3) is 4.87. The summed E-state index contributed by atoms with van der Waals surface area (Å²) < 4.78 is 4.39. The molecule has 0 aromatic heterocycles. The number of carboxylic acid groups (broad SMARTS) is 1. The molecule has 0 heterocycles. The summed E-state index contributed by atoms with van der Waals surface area (Å²) in [7, 11) is 0. The molecule has 1 aromatic carbocycles. The van der Waals surface area contributed by atoms with Crippen molar-refractivity contribution in [3.05, 3.63) is 35.9 Å². The van der Waals surface area contributed by atoms with Crippen LogP contribution in [0.5, 0.6) is 0 Å². The molecule has 0 N–H and O–H groups in total. The number of ether oxygens (including phenoxy) is 1. The van der Waals surface area contributed by atoms with Crippen molar-refractivity contribution < 1.29 is 70.8 Å². The van der Waals surface area contributed by atoms with E-state index in [1.807, 2.05) is 6.07 Å². The SMILES string of the molecule is O=C([O-])C(=O)OCc1ccccc1.[K+]. The van der Waals surface area contributed by atoms with Gasteiger partial charge in [0.1, 0.15) is 6.61 Å². The molecule has 0 saturated carbocycles. The van der Waals surface area contributed by atoms with E-state index >= 15 is 0 Å². The predicted octanol–water partition coefficient (Wildman–Crippen LogP) is -3.52. The van der Waals surface area contributed by atoms with Gasteiger partial charge in [-0.25, -0.2) is 4.79 Å². The second-order valence-corrected chi connectivity index (χ2v) is 2.35. The van der Waals surface area contributed by atoms with Crippen molar-refractivity contribution in [1.29, 1.82) is 0 Å². The van der Waals surface area contributed by atoms with E-state index in [0.717, 1.165) is 5.56 Å².